The van der Waals surface area contributed by atoms with Crippen LogP contribution in [-0.4, -0.2) is 24.5 Å². The van der Waals surface area contributed by atoms with Crippen molar-refractivity contribution in [3.63, 3.8) is 0 Å². The first-order valence-electron chi connectivity index (χ1n) is 6.59. The first-order valence-corrected chi connectivity index (χ1v) is 6.59. The van der Waals surface area contributed by atoms with Crippen LogP contribution in [0.5, 0.6) is 0 Å². The lowest BCUT2D eigenvalue weighted by atomic mass is 9.97. The number of alkyl halides is 3. The van der Waals surface area contributed by atoms with Crippen molar-refractivity contribution in [1.29, 1.82) is 0 Å². The predicted octanol–water partition coefficient (Wildman–Crippen LogP) is 4.63. The number of benzene rings is 1. The van der Waals surface area contributed by atoms with E-state index in [0.29, 0.717) is 5.56 Å². The molecule has 1 aliphatic heterocycles. The Labute approximate surface area is 123 Å². The quantitative estimate of drug-likeness (QED) is 0.787. The number of nitrogens with zero attached hydrogens (tertiary/aromatic N) is 1. The van der Waals surface area contributed by atoms with E-state index in [4.69, 9.17) is 0 Å². The van der Waals surface area contributed by atoms with Gasteiger partial charge >= 0.3 is 6.18 Å². The Morgan fingerprint density at radius 2 is 2.00 bits per heavy atom. The zero-order valence-electron chi connectivity index (χ0n) is 11.4. The molecular formula is C15H19ClF3N. The van der Waals surface area contributed by atoms with Crippen LogP contribution >= 0.6 is 12.4 Å². The molecule has 0 aliphatic carbocycles. The summed E-state index contributed by atoms with van der Waals surface area (Å²) in [6.07, 6.45) is -0.290. The normalized spacial score (nSPS) is 16.5. The molecule has 0 atom stereocenters. The molecule has 0 N–H and O–H groups in total. The maximum absolute atomic E-state index is 12.7. The van der Waals surface area contributed by atoms with Crippen molar-refractivity contribution in [3.05, 3.63) is 41.5 Å². The minimum atomic E-state index is -4.26. The smallest absolute Gasteiger partial charge is 0.299 e. The molecule has 0 aromatic heterocycles. The van der Waals surface area contributed by atoms with Crippen LogP contribution in [0.1, 0.15) is 30.9 Å². The summed E-state index contributed by atoms with van der Waals surface area (Å²) in [6.45, 7) is 4.94. The summed E-state index contributed by atoms with van der Waals surface area (Å²) in [6, 6.07) is 5.62. The second-order valence-corrected chi connectivity index (χ2v) is 4.86. The largest absolute Gasteiger partial charge is 0.416 e. The molecule has 0 unspecified atom stereocenters. The number of hydrogen-bond acceptors (Lipinski definition) is 1. The molecule has 0 radical (unpaired) electrons. The summed E-state index contributed by atoms with van der Waals surface area (Å²) in [7, 11) is 0. The highest BCUT2D eigenvalue weighted by Crippen LogP contribution is 2.32. The highest BCUT2D eigenvalue weighted by Gasteiger charge is 2.30. The molecule has 0 spiro atoms. The van der Waals surface area contributed by atoms with E-state index in [1.54, 1.807) is 6.07 Å². The van der Waals surface area contributed by atoms with E-state index < -0.39 is 11.7 Å². The standard InChI is InChI=1S/C15H18F3N.ClH/c1-2-8-19-9-6-12(7-10-19)13-4-3-5-14(11-13)15(16,17)18;/h3-6,11H,2,7-10H2,1H3;1H. The molecule has 112 valence electrons. The van der Waals surface area contributed by atoms with Crippen molar-refractivity contribution in [1.82, 2.24) is 4.90 Å². The lowest BCUT2D eigenvalue weighted by Crippen LogP contribution is -2.29. The average Bonchev–Trinajstić information content (AvgIpc) is 2.39. The Balaban J connectivity index is 0.00000200. The van der Waals surface area contributed by atoms with Gasteiger partial charge in [0.05, 0.1) is 5.56 Å². The van der Waals surface area contributed by atoms with Crippen molar-refractivity contribution in [2.45, 2.75) is 25.9 Å². The predicted molar refractivity (Wildman–Crippen MR) is 78.0 cm³/mol. The highest BCUT2D eigenvalue weighted by molar-refractivity contribution is 5.85. The molecule has 2 rings (SSSR count). The zero-order valence-corrected chi connectivity index (χ0v) is 12.2. The molecule has 0 bridgehead atoms. The number of halogens is 4. The lowest BCUT2D eigenvalue weighted by Gasteiger charge is -2.26. The molecule has 1 aromatic rings. The number of rotatable bonds is 3. The summed E-state index contributed by atoms with van der Waals surface area (Å²) in [5.74, 6) is 0. The van der Waals surface area contributed by atoms with Crippen molar-refractivity contribution in [2.24, 2.45) is 0 Å². The molecule has 1 aliphatic rings. The van der Waals surface area contributed by atoms with Gasteiger partial charge in [-0.25, -0.2) is 0 Å². The molecule has 20 heavy (non-hydrogen) atoms. The molecule has 0 saturated heterocycles. The van der Waals surface area contributed by atoms with Gasteiger partial charge in [-0.3, -0.25) is 4.90 Å². The summed E-state index contributed by atoms with van der Waals surface area (Å²) >= 11 is 0. The van der Waals surface area contributed by atoms with Gasteiger partial charge in [0.2, 0.25) is 0 Å². The lowest BCUT2D eigenvalue weighted by molar-refractivity contribution is -0.137. The van der Waals surface area contributed by atoms with E-state index in [9.17, 15) is 13.2 Å². The van der Waals surface area contributed by atoms with Crippen molar-refractivity contribution >= 4 is 18.0 Å². The molecule has 5 heteroatoms. The fourth-order valence-electron chi connectivity index (χ4n) is 2.39. The van der Waals surface area contributed by atoms with E-state index in [-0.39, 0.29) is 12.4 Å². The third-order valence-electron chi connectivity index (χ3n) is 3.39. The van der Waals surface area contributed by atoms with Crippen LogP contribution in [0.15, 0.2) is 30.3 Å². The molecular weight excluding hydrogens is 287 g/mol. The second kappa shape index (κ2) is 7.14. The maximum Gasteiger partial charge on any atom is 0.416 e. The van der Waals surface area contributed by atoms with E-state index in [1.165, 1.54) is 12.1 Å². The summed E-state index contributed by atoms with van der Waals surface area (Å²) in [5.41, 5.74) is 1.16. The van der Waals surface area contributed by atoms with Crippen LogP contribution in [0, 0.1) is 0 Å². The minimum absolute atomic E-state index is 0. The van der Waals surface area contributed by atoms with Crippen LogP contribution in [0.2, 0.25) is 0 Å². The molecule has 0 fully saturated rings. The van der Waals surface area contributed by atoms with Gasteiger partial charge in [0, 0.05) is 13.1 Å². The summed E-state index contributed by atoms with van der Waals surface area (Å²) in [4.78, 5) is 2.32. The van der Waals surface area contributed by atoms with Gasteiger partial charge in [-0.15, -0.1) is 12.4 Å². The molecule has 0 amide bonds. The van der Waals surface area contributed by atoms with Gasteiger partial charge in [0.15, 0.2) is 0 Å². The number of hydrogen-bond donors (Lipinski definition) is 0. The van der Waals surface area contributed by atoms with Gasteiger partial charge < -0.3 is 0 Å². The summed E-state index contributed by atoms with van der Waals surface area (Å²) < 4.78 is 38.0. The molecule has 1 aromatic carbocycles. The Hall–Kier alpha value is -1.00. The Bertz CT molecular complexity index is 468. The van der Waals surface area contributed by atoms with Crippen LogP contribution in [0.4, 0.5) is 13.2 Å². The van der Waals surface area contributed by atoms with E-state index in [0.717, 1.165) is 44.1 Å². The Morgan fingerprint density at radius 1 is 1.25 bits per heavy atom. The van der Waals surface area contributed by atoms with Crippen LogP contribution in [0.25, 0.3) is 5.57 Å². The molecule has 1 heterocycles. The van der Waals surface area contributed by atoms with Gasteiger partial charge in [0.1, 0.15) is 0 Å². The third kappa shape index (κ3) is 4.25. The van der Waals surface area contributed by atoms with Crippen molar-refractivity contribution < 1.29 is 13.2 Å². The molecule has 0 saturated carbocycles. The SMILES string of the molecule is CCCN1CC=C(c2cccc(C(F)(F)F)c2)CC1.Cl. The van der Waals surface area contributed by atoms with Crippen LogP contribution in [-0.2, 0) is 6.18 Å². The van der Waals surface area contributed by atoms with Crippen molar-refractivity contribution in [2.75, 3.05) is 19.6 Å². The molecule has 1 nitrogen and oxygen atoms in total. The van der Waals surface area contributed by atoms with Gasteiger partial charge in [-0.1, -0.05) is 25.1 Å². The zero-order chi connectivity index (χ0) is 13.9. The first kappa shape index (κ1) is 17.1. The Morgan fingerprint density at radius 3 is 2.55 bits per heavy atom. The average molecular weight is 306 g/mol. The Kier molecular flexibility index (Phi) is 6.08. The monoisotopic (exact) mass is 305 g/mol. The van der Waals surface area contributed by atoms with Crippen LogP contribution in [0.3, 0.4) is 0 Å². The third-order valence-corrected chi connectivity index (χ3v) is 3.39. The fourth-order valence-corrected chi connectivity index (χ4v) is 2.39. The first-order chi connectivity index (χ1) is 9.00. The fraction of sp³-hybridized carbons (Fsp3) is 0.467. The van der Waals surface area contributed by atoms with Gasteiger partial charge in [0.25, 0.3) is 0 Å². The van der Waals surface area contributed by atoms with Crippen LogP contribution < -0.4 is 0 Å². The topological polar surface area (TPSA) is 3.24 Å². The van der Waals surface area contributed by atoms with Gasteiger partial charge in [-0.05, 0) is 42.7 Å². The van der Waals surface area contributed by atoms with E-state index in [2.05, 4.69) is 17.9 Å². The van der Waals surface area contributed by atoms with E-state index in [1.807, 2.05) is 0 Å². The highest BCUT2D eigenvalue weighted by atomic mass is 35.5. The summed E-state index contributed by atoms with van der Waals surface area (Å²) in [5, 5.41) is 0. The van der Waals surface area contributed by atoms with E-state index >= 15 is 0 Å². The maximum atomic E-state index is 12.7. The minimum Gasteiger partial charge on any atom is -0.299 e. The van der Waals surface area contributed by atoms with Crippen molar-refractivity contribution in [3.8, 4) is 0 Å². The second-order valence-electron chi connectivity index (χ2n) is 4.86. The van der Waals surface area contributed by atoms with Gasteiger partial charge in [-0.2, -0.15) is 13.2 Å².